The maximum atomic E-state index is 12.4. The molecule has 0 aliphatic heterocycles. The highest BCUT2D eigenvalue weighted by atomic mass is 16.5. The van der Waals surface area contributed by atoms with E-state index < -0.39 is 18.0 Å². The number of fused-ring (bicyclic) bond motifs is 1. The van der Waals surface area contributed by atoms with Crippen LogP contribution in [0.3, 0.4) is 0 Å². The Morgan fingerprint density at radius 1 is 0.933 bits per heavy atom. The Labute approximate surface area is 175 Å². The quantitative estimate of drug-likeness (QED) is 0.465. The van der Waals surface area contributed by atoms with Gasteiger partial charge in [0.05, 0.1) is 14.2 Å². The molecule has 6 nitrogen and oxygen atoms in total. The minimum absolute atomic E-state index is 0.411. The summed E-state index contributed by atoms with van der Waals surface area (Å²) in [6, 6.07) is 18.8. The number of amides is 1. The normalized spacial score (nSPS) is 11.8. The molecule has 3 aromatic rings. The zero-order valence-corrected chi connectivity index (χ0v) is 17.0. The van der Waals surface area contributed by atoms with E-state index in [9.17, 15) is 9.59 Å². The van der Waals surface area contributed by atoms with E-state index >= 15 is 0 Å². The lowest BCUT2D eigenvalue weighted by Gasteiger charge is -2.13. The highest BCUT2D eigenvalue weighted by Gasteiger charge is 2.17. The molecule has 154 valence electrons. The first-order valence-corrected chi connectivity index (χ1v) is 9.41. The summed E-state index contributed by atoms with van der Waals surface area (Å²) >= 11 is 0. The fraction of sp³-hybridized carbons (Fsp3) is 0.167. The van der Waals surface area contributed by atoms with Crippen LogP contribution in [0.2, 0.25) is 0 Å². The van der Waals surface area contributed by atoms with E-state index in [-0.39, 0.29) is 0 Å². The summed E-state index contributed by atoms with van der Waals surface area (Å²) in [7, 11) is 3.06. The van der Waals surface area contributed by atoms with Crippen molar-refractivity contribution >= 4 is 34.4 Å². The zero-order valence-electron chi connectivity index (χ0n) is 17.0. The molecule has 0 saturated carbocycles. The lowest BCUT2D eigenvalue weighted by molar-refractivity contribution is -0.148. The molecule has 0 saturated heterocycles. The number of esters is 1. The van der Waals surface area contributed by atoms with Gasteiger partial charge in [0.15, 0.2) is 17.6 Å². The average molecular weight is 405 g/mol. The van der Waals surface area contributed by atoms with Crippen LogP contribution in [-0.2, 0) is 14.3 Å². The molecule has 3 aromatic carbocycles. The van der Waals surface area contributed by atoms with E-state index in [0.717, 1.165) is 10.8 Å². The van der Waals surface area contributed by atoms with Crippen molar-refractivity contribution < 1.29 is 23.8 Å². The van der Waals surface area contributed by atoms with Crippen LogP contribution < -0.4 is 14.8 Å². The van der Waals surface area contributed by atoms with Crippen molar-refractivity contribution in [3.63, 3.8) is 0 Å². The number of benzene rings is 3. The molecule has 1 atom stereocenters. The minimum Gasteiger partial charge on any atom is -0.493 e. The molecule has 0 aliphatic carbocycles. The predicted octanol–water partition coefficient (Wildman–Crippen LogP) is 4.44. The molecule has 1 amide bonds. The molecular weight excluding hydrogens is 382 g/mol. The van der Waals surface area contributed by atoms with Gasteiger partial charge in [0.1, 0.15) is 0 Å². The van der Waals surface area contributed by atoms with Crippen LogP contribution in [0.15, 0.2) is 66.7 Å². The first-order chi connectivity index (χ1) is 14.5. The van der Waals surface area contributed by atoms with Gasteiger partial charge in [0, 0.05) is 17.3 Å². The molecule has 0 aliphatic rings. The van der Waals surface area contributed by atoms with Crippen molar-refractivity contribution in [2.45, 2.75) is 13.0 Å². The SMILES string of the molecule is COc1cccc(/C=C/C(=O)O[C@H](C)C(=O)Nc2ccc3ccccc3c2)c1OC. The van der Waals surface area contributed by atoms with Crippen LogP contribution in [0.25, 0.3) is 16.8 Å². The van der Waals surface area contributed by atoms with E-state index in [1.54, 1.807) is 24.3 Å². The monoisotopic (exact) mass is 405 g/mol. The van der Waals surface area contributed by atoms with Gasteiger partial charge in [-0.25, -0.2) is 4.79 Å². The van der Waals surface area contributed by atoms with Gasteiger partial charge in [-0.05, 0) is 42.0 Å². The topological polar surface area (TPSA) is 73.9 Å². The van der Waals surface area contributed by atoms with E-state index in [0.29, 0.717) is 22.7 Å². The van der Waals surface area contributed by atoms with E-state index in [2.05, 4.69) is 5.32 Å². The maximum Gasteiger partial charge on any atom is 0.331 e. The number of carbonyl (C=O) groups is 2. The lowest BCUT2D eigenvalue weighted by atomic mass is 10.1. The molecule has 3 rings (SSSR count). The van der Waals surface area contributed by atoms with Crippen LogP contribution >= 0.6 is 0 Å². The number of carbonyl (C=O) groups excluding carboxylic acids is 2. The third kappa shape index (κ3) is 4.97. The van der Waals surface area contributed by atoms with Crippen molar-refractivity contribution in [2.75, 3.05) is 19.5 Å². The number of ether oxygens (including phenoxy) is 3. The molecule has 0 bridgehead atoms. The van der Waals surface area contributed by atoms with Crippen molar-refractivity contribution in [3.05, 3.63) is 72.3 Å². The Hall–Kier alpha value is -3.80. The maximum absolute atomic E-state index is 12.4. The summed E-state index contributed by atoms with van der Waals surface area (Å²) in [5.41, 5.74) is 1.29. The Morgan fingerprint density at radius 2 is 1.70 bits per heavy atom. The standard InChI is InChI=1S/C24H23NO5/c1-16(24(27)25-20-13-11-17-7-4-5-8-19(17)15-20)30-22(26)14-12-18-9-6-10-21(28-2)23(18)29-3/h4-16H,1-3H3,(H,25,27)/b14-12+/t16-/m1/s1. The van der Waals surface area contributed by atoms with Gasteiger partial charge < -0.3 is 19.5 Å². The van der Waals surface area contributed by atoms with E-state index in [1.807, 2.05) is 42.5 Å². The van der Waals surface area contributed by atoms with Crippen molar-refractivity contribution in [1.29, 1.82) is 0 Å². The molecule has 0 radical (unpaired) electrons. The van der Waals surface area contributed by atoms with Crippen molar-refractivity contribution in [1.82, 2.24) is 0 Å². The van der Waals surface area contributed by atoms with Crippen LogP contribution in [0.4, 0.5) is 5.69 Å². The molecule has 0 spiro atoms. The Balaban J connectivity index is 1.62. The predicted molar refractivity (Wildman–Crippen MR) is 117 cm³/mol. The summed E-state index contributed by atoms with van der Waals surface area (Å²) in [6.07, 6.45) is 1.84. The van der Waals surface area contributed by atoms with Crippen molar-refractivity contribution in [2.24, 2.45) is 0 Å². The van der Waals surface area contributed by atoms with Crippen molar-refractivity contribution in [3.8, 4) is 11.5 Å². The molecule has 1 N–H and O–H groups in total. The molecule has 0 heterocycles. The number of anilines is 1. The number of hydrogen-bond acceptors (Lipinski definition) is 5. The van der Waals surface area contributed by atoms with Crippen LogP contribution in [0, 0.1) is 0 Å². The molecule has 0 fully saturated rings. The van der Waals surface area contributed by atoms with Gasteiger partial charge >= 0.3 is 5.97 Å². The zero-order chi connectivity index (χ0) is 21.5. The van der Waals surface area contributed by atoms with Gasteiger partial charge in [-0.3, -0.25) is 4.79 Å². The van der Waals surface area contributed by atoms with E-state index in [4.69, 9.17) is 14.2 Å². The summed E-state index contributed by atoms with van der Waals surface area (Å²) in [6.45, 7) is 1.52. The summed E-state index contributed by atoms with van der Waals surface area (Å²) in [5, 5.41) is 4.86. The summed E-state index contributed by atoms with van der Waals surface area (Å²) in [4.78, 5) is 24.5. The average Bonchev–Trinajstić information content (AvgIpc) is 2.77. The second-order valence-corrected chi connectivity index (χ2v) is 6.55. The van der Waals surface area contributed by atoms with Gasteiger partial charge in [0.25, 0.3) is 5.91 Å². The third-order valence-corrected chi connectivity index (χ3v) is 4.51. The molecule has 0 aromatic heterocycles. The van der Waals surface area contributed by atoms with Gasteiger partial charge in [-0.2, -0.15) is 0 Å². The number of nitrogens with one attached hydrogen (secondary N) is 1. The number of rotatable bonds is 7. The molecule has 6 heteroatoms. The number of para-hydroxylation sites is 1. The smallest absolute Gasteiger partial charge is 0.331 e. The summed E-state index contributed by atoms with van der Waals surface area (Å²) in [5.74, 6) is 0.00863. The van der Waals surface area contributed by atoms with Crippen LogP contribution in [0.1, 0.15) is 12.5 Å². The Kier molecular flexibility index (Phi) is 6.70. The van der Waals surface area contributed by atoms with Crippen LogP contribution in [-0.4, -0.2) is 32.2 Å². The highest BCUT2D eigenvalue weighted by molar-refractivity contribution is 5.98. The fourth-order valence-electron chi connectivity index (χ4n) is 2.98. The molecular formula is C24H23NO5. The van der Waals surface area contributed by atoms with Gasteiger partial charge in [0.2, 0.25) is 0 Å². The molecule has 0 unspecified atom stereocenters. The van der Waals surface area contributed by atoms with E-state index in [1.165, 1.54) is 27.2 Å². The van der Waals surface area contributed by atoms with Gasteiger partial charge in [-0.15, -0.1) is 0 Å². The summed E-state index contributed by atoms with van der Waals surface area (Å²) < 4.78 is 15.8. The van der Waals surface area contributed by atoms with Gasteiger partial charge in [-0.1, -0.05) is 42.5 Å². The Bertz CT molecular complexity index is 1090. The first-order valence-electron chi connectivity index (χ1n) is 9.41. The highest BCUT2D eigenvalue weighted by Crippen LogP contribution is 2.31. The second kappa shape index (κ2) is 9.60. The van der Waals surface area contributed by atoms with Crippen LogP contribution in [0.5, 0.6) is 11.5 Å². The first kappa shape index (κ1) is 20.9. The largest absolute Gasteiger partial charge is 0.493 e. The lowest BCUT2D eigenvalue weighted by Crippen LogP contribution is -2.29. The second-order valence-electron chi connectivity index (χ2n) is 6.55. The number of methoxy groups -OCH3 is 2. The number of hydrogen-bond donors (Lipinski definition) is 1. The third-order valence-electron chi connectivity index (χ3n) is 4.51. The molecule has 30 heavy (non-hydrogen) atoms. The minimum atomic E-state index is -0.958. The Morgan fingerprint density at radius 3 is 2.43 bits per heavy atom. The fourth-order valence-corrected chi connectivity index (χ4v) is 2.98.